The SMILES string of the molecule is COCCOc1cc(F)c2c(Nc3ccc(NC(=O)CC(=O)NCC4CC4)cc3)ncnc2c1. The van der Waals surface area contributed by atoms with Crippen LogP contribution in [0, 0.1) is 11.7 Å². The van der Waals surface area contributed by atoms with E-state index in [1.165, 1.54) is 12.4 Å². The third kappa shape index (κ3) is 6.38. The first-order chi connectivity index (χ1) is 16.5. The van der Waals surface area contributed by atoms with Gasteiger partial charge in [0.25, 0.3) is 0 Å². The van der Waals surface area contributed by atoms with E-state index in [9.17, 15) is 14.0 Å². The number of anilines is 3. The molecule has 4 rings (SSSR count). The summed E-state index contributed by atoms with van der Waals surface area (Å²) in [5, 5.41) is 8.77. The maximum Gasteiger partial charge on any atom is 0.233 e. The summed E-state index contributed by atoms with van der Waals surface area (Å²) in [5.41, 5.74) is 1.58. The number of rotatable bonds is 11. The van der Waals surface area contributed by atoms with Gasteiger partial charge in [-0.25, -0.2) is 14.4 Å². The highest BCUT2D eigenvalue weighted by Gasteiger charge is 2.22. The molecule has 1 saturated carbocycles. The van der Waals surface area contributed by atoms with Gasteiger partial charge in [-0.3, -0.25) is 9.59 Å². The first-order valence-electron chi connectivity index (χ1n) is 11.0. The minimum atomic E-state index is -0.517. The number of methoxy groups -OCH3 is 1. The van der Waals surface area contributed by atoms with Gasteiger partial charge in [-0.1, -0.05) is 0 Å². The molecule has 34 heavy (non-hydrogen) atoms. The van der Waals surface area contributed by atoms with Gasteiger partial charge < -0.3 is 25.4 Å². The summed E-state index contributed by atoms with van der Waals surface area (Å²) in [4.78, 5) is 32.2. The second-order valence-corrected chi connectivity index (χ2v) is 8.04. The van der Waals surface area contributed by atoms with E-state index in [0.717, 1.165) is 12.8 Å². The van der Waals surface area contributed by atoms with Crippen molar-refractivity contribution in [1.82, 2.24) is 15.3 Å². The number of hydrogen-bond acceptors (Lipinski definition) is 7. The molecule has 1 aliphatic rings. The van der Waals surface area contributed by atoms with E-state index in [2.05, 4.69) is 25.9 Å². The van der Waals surface area contributed by atoms with Crippen LogP contribution < -0.4 is 20.7 Å². The highest BCUT2D eigenvalue weighted by molar-refractivity contribution is 6.03. The summed E-state index contributed by atoms with van der Waals surface area (Å²) in [6.45, 7) is 1.32. The smallest absolute Gasteiger partial charge is 0.233 e. The van der Waals surface area contributed by atoms with Gasteiger partial charge in [0.2, 0.25) is 11.8 Å². The van der Waals surface area contributed by atoms with Crippen molar-refractivity contribution in [3.8, 4) is 5.75 Å². The fourth-order valence-corrected chi connectivity index (χ4v) is 3.31. The lowest BCUT2D eigenvalue weighted by Crippen LogP contribution is -2.29. The average molecular weight is 468 g/mol. The zero-order valence-electron chi connectivity index (χ0n) is 18.8. The Labute approximate surface area is 196 Å². The maximum atomic E-state index is 14.8. The molecule has 0 aliphatic heterocycles. The molecule has 0 unspecified atom stereocenters. The van der Waals surface area contributed by atoms with Crippen LogP contribution in [-0.4, -0.2) is 48.7 Å². The fraction of sp³-hybridized carbons (Fsp3) is 0.333. The first-order valence-corrected chi connectivity index (χ1v) is 11.0. The topological polar surface area (TPSA) is 114 Å². The van der Waals surface area contributed by atoms with E-state index < -0.39 is 5.82 Å². The Morgan fingerprint density at radius 3 is 2.56 bits per heavy atom. The van der Waals surface area contributed by atoms with Crippen molar-refractivity contribution in [1.29, 1.82) is 0 Å². The van der Waals surface area contributed by atoms with E-state index in [4.69, 9.17) is 9.47 Å². The van der Waals surface area contributed by atoms with E-state index in [-0.39, 0.29) is 23.6 Å². The molecule has 0 atom stereocenters. The van der Waals surface area contributed by atoms with Gasteiger partial charge in [0.15, 0.2) is 0 Å². The van der Waals surface area contributed by atoms with E-state index >= 15 is 0 Å². The predicted molar refractivity (Wildman–Crippen MR) is 126 cm³/mol. The molecule has 2 aromatic carbocycles. The van der Waals surface area contributed by atoms with Crippen molar-refractivity contribution in [3.63, 3.8) is 0 Å². The van der Waals surface area contributed by atoms with Crippen LogP contribution in [0.3, 0.4) is 0 Å². The van der Waals surface area contributed by atoms with Crippen molar-refractivity contribution < 1.29 is 23.5 Å². The molecular formula is C24H26FN5O4. The summed E-state index contributed by atoms with van der Waals surface area (Å²) in [5.74, 6) is 0.0257. The number of nitrogens with one attached hydrogen (secondary N) is 3. The molecule has 0 saturated heterocycles. The Hall–Kier alpha value is -3.79. The van der Waals surface area contributed by atoms with E-state index in [1.807, 2.05) is 0 Å². The van der Waals surface area contributed by atoms with Gasteiger partial charge >= 0.3 is 0 Å². The number of carbonyl (C=O) groups excluding carboxylic acids is 2. The second kappa shape index (κ2) is 10.9. The molecule has 1 aliphatic carbocycles. The van der Waals surface area contributed by atoms with Crippen molar-refractivity contribution in [2.24, 2.45) is 5.92 Å². The number of amides is 2. The highest BCUT2D eigenvalue weighted by atomic mass is 19.1. The molecule has 2 amide bonds. The predicted octanol–water partition coefficient (Wildman–Crippen LogP) is 3.39. The van der Waals surface area contributed by atoms with E-state index in [1.54, 1.807) is 37.4 Å². The van der Waals surface area contributed by atoms with Gasteiger partial charge in [0.05, 0.1) is 17.5 Å². The Kier molecular flexibility index (Phi) is 7.48. The monoisotopic (exact) mass is 467 g/mol. The molecule has 0 bridgehead atoms. The van der Waals surface area contributed by atoms with Gasteiger partial charge in [-0.2, -0.15) is 0 Å². The third-order valence-corrected chi connectivity index (χ3v) is 5.26. The van der Waals surface area contributed by atoms with Crippen LogP contribution in [0.1, 0.15) is 19.3 Å². The molecule has 9 nitrogen and oxygen atoms in total. The summed E-state index contributed by atoms with van der Waals surface area (Å²) >= 11 is 0. The lowest BCUT2D eigenvalue weighted by Gasteiger charge is -2.12. The van der Waals surface area contributed by atoms with Gasteiger partial charge in [0.1, 0.15) is 36.7 Å². The van der Waals surface area contributed by atoms with Crippen LogP contribution in [0.4, 0.5) is 21.6 Å². The molecule has 178 valence electrons. The van der Waals surface area contributed by atoms with Gasteiger partial charge in [-0.05, 0) is 43.0 Å². The molecule has 1 fully saturated rings. The van der Waals surface area contributed by atoms with Crippen molar-refractivity contribution in [2.45, 2.75) is 19.3 Å². The number of carbonyl (C=O) groups is 2. The third-order valence-electron chi connectivity index (χ3n) is 5.26. The summed E-state index contributed by atoms with van der Waals surface area (Å²) in [7, 11) is 1.56. The van der Waals surface area contributed by atoms with Crippen LogP contribution in [0.2, 0.25) is 0 Å². The summed E-state index contributed by atoms with van der Waals surface area (Å²) in [6, 6.07) is 9.73. The summed E-state index contributed by atoms with van der Waals surface area (Å²) < 4.78 is 25.2. The Morgan fingerprint density at radius 1 is 1.06 bits per heavy atom. The Morgan fingerprint density at radius 2 is 1.82 bits per heavy atom. The number of hydrogen-bond donors (Lipinski definition) is 3. The van der Waals surface area contributed by atoms with Gasteiger partial charge in [-0.15, -0.1) is 0 Å². The number of nitrogens with zero attached hydrogens (tertiary/aromatic N) is 2. The van der Waals surface area contributed by atoms with Crippen LogP contribution in [-0.2, 0) is 14.3 Å². The summed E-state index contributed by atoms with van der Waals surface area (Å²) in [6.07, 6.45) is 3.38. The van der Waals surface area contributed by atoms with Crippen molar-refractivity contribution in [3.05, 3.63) is 48.5 Å². The van der Waals surface area contributed by atoms with Crippen LogP contribution >= 0.6 is 0 Å². The van der Waals surface area contributed by atoms with Crippen molar-refractivity contribution in [2.75, 3.05) is 37.5 Å². The fourth-order valence-electron chi connectivity index (χ4n) is 3.31. The molecule has 3 N–H and O–H groups in total. The highest BCUT2D eigenvalue weighted by Crippen LogP contribution is 2.30. The standard InChI is InChI=1S/C24H26FN5O4/c1-33-8-9-34-18-10-19(25)23-20(11-18)27-14-28-24(23)30-17-6-4-16(5-7-17)29-22(32)12-21(31)26-13-15-2-3-15/h4-7,10-11,14-15H,2-3,8-9,12-13H2,1H3,(H,26,31)(H,29,32)(H,27,28,30). The van der Waals surface area contributed by atoms with Crippen molar-refractivity contribution >= 4 is 39.9 Å². The Balaban J connectivity index is 1.38. The van der Waals surface area contributed by atoms with Gasteiger partial charge in [0, 0.05) is 37.2 Å². The largest absolute Gasteiger partial charge is 0.491 e. The molecule has 1 heterocycles. The lowest BCUT2D eigenvalue weighted by atomic mass is 10.2. The minimum absolute atomic E-state index is 0.226. The lowest BCUT2D eigenvalue weighted by molar-refractivity contribution is -0.126. The second-order valence-electron chi connectivity index (χ2n) is 8.04. The molecule has 10 heteroatoms. The minimum Gasteiger partial charge on any atom is -0.491 e. The molecule has 0 radical (unpaired) electrons. The van der Waals surface area contributed by atoms with Crippen LogP contribution in [0.15, 0.2) is 42.7 Å². The molecule has 1 aromatic heterocycles. The number of halogens is 1. The quantitative estimate of drug-likeness (QED) is 0.293. The number of fused-ring (bicyclic) bond motifs is 1. The normalized spacial score (nSPS) is 12.9. The zero-order chi connectivity index (χ0) is 23.9. The first kappa shape index (κ1) is 23.4. The Bertz CT molecular complexity index is 1170. The molecular weight excluding hydrogens is 441 g/mol. The average Bonchev–Trinajstić information content (AvgIpc) is 3.64. The maximum absolute atomic E-state index is 14.8. The van der Waals surface area contributed by atoms with Crippen LogP contribution in [0.25, 0.3) is 10.9 Å². The van der Waals surface area contributed by atoms with Crippen LogP contribution in [0.5, 0.6) is 5.75 Å². The zero-order valence-corrected chi connectivity index (χ0v) is 18.8. The number of benzene rings is 2. The molecule has 3 aromatic rings. The van der Waals surface area contributed by atoms with E-state index in [0.29, 0.717) is 54.1 Å². The number of ether oxygens (including phenoxy) is 2. The molecule has 0 spiro atoms. The number of aromatic nitrogens is 2.